The average molecular weight is 228 g/mol. The van der Waals surface area contributed by atoms with Crippen LogP contribution in [0.2, 0.25) is 0 Å². The van der Waals surface area contributed by atoms with Gasteiger partial charge in [-0.15, -0.1) is 11.3 Å². The Hall–Kier alpha value is -0.980. The van der Waals surface area contributed by atoms with Gasteiger partial charge in [0.2, 0.25) is 10.0 Å². The van der Waals surface area contributed by atoms with Gasteiger partial charge in [0, 0.05) is 0 Å². The molecule has 4 nitrogen and oxygen atoms in total. The number of nitrogens with zero attached hydrogens (tertiary/aromatic N) is 1. The largest absolute Gasteiger partial charge is 0.245 e. The lowest BCUT2D eigenvalue weighted by molar-refractivity contribution is 0.597. The van der Waals surface area contributed by atoms with E-state index in [-0.39, 0.29) is 5.75 Å². The van der Waals surface area contributed by atoms with Gasteiger partial charge in [-0.25, -0.2) is 18.5 Å². The van der Waals surface area contributed by atoms with Crippen molar-refractivity contribution in [2.24, 2.45) is 5.14 Å². The molecule has 14 heavy (non-hydrogen) atoms. The second-order valence-electron chi connectivity index (χ2n) is 2.96. The summed E-state index contributed by atoms with van der Waals surface area (Å²) in [5, 5.41) is 4.95. The molecule has 0 aliphatic rings. The zero-order chi connectivity index (χ0) is 10.2. The number of benzene rings is 1. The molecule has 0 saturated heterocycles. The lowest BCUT2D eigenvalue weighted by atomic mass is 10.2. The SMILES string of the molecule is NS(=O)(=O)Cc1ccc2ncsc2c1. The van der Waals surface area contributed by atoms with Crippen LogP contribution in [0.3, 0.4) is 0 Å². The van der Waals surface area contributed by atoms with Crippen molar-refractivity contribution in [2.45, 2.75) is 5.75 Å². The van der Waals surface area contributed by atoms with E-state index in [1.807, 2.05) is 0 Å². The third-order valence-corrected chi connectivity index (χ3v) is 3.29. The van der Waals surface area contributed by atoms with E-state index in [9.17, 15) is 8.42 Å². The molecule has 0 fully saturated rings. The molecular weight excluding hydrogens is 220 g/mol. The Balaban J connectivity index is 2.44. The summed E-state index contributed by atoms with van der Waals surface area (Å²) < 4.78 is 22.7. The second-order valence-corrected chi connectivity index (χ2v) is 5.46. The van der Waals surface area contributed by atoms with Crippen molar-refractivity contribution in [1.29, 1.82) is 0 Å². The molecule has 2 N–H and O–H groups in total. The third kappa shape index (κ3) is 2.09. The van der Waals surface area contributed by atoms with E-state index >= 15 is 0 Å². The molecule has 0 unspecified atom stereocenters. The van der Waals surface area contributed by atoms with Gasteiger partial charge in [0.1, 0.15) is 0 Å². The Bertz CT molecular complexity index is 559. The maximum atomic E-state index is 10.8. The van der Waals surface area contributed by atoms with E-state index in [1.165, 1.54) is 11.3 Å². The van der Waals surface area contributed by atoms with E-state index in [2.05, 4.69) is 4.98 Å². The van der Waals surface area contributed by atoms with Gasteiger partial charge in [-0.05, 0) is 17.7 Å². The number of fused-ring (bicyclic) bond motifs is 1. The number of hydrogen-bond donors (Lipinski definition) is 1. The Morgan fingerprint density at radius 3 is 2.93 bits per heavy atom. The Morgan fingerprint density at radius 2 is 2.21 bits per heavy atom. The maximum Gasteiger partial charge on any atom is 0.213 e. The molecule has 0 atom stereocenters. The summed E-state index contributed by atoms with van der Waals surface area (Å²) in [5.41, 5.74) is 3.31. The topological polar surface area (TPSA) is 73.1 Å². The van der Waals surface area contributed by atoms with Gasteiger partial charge < -0.3 is 0 Å². The molecule has 2 aromatic rings. The van der Waals surface area contributed by atoms with Crippen molar-refractivity contribution in [3.05, 3.63) is 29.3 Å². The molecule has 0 aliphatic heterocycles. The summed E-state index contributed by atoms with van der Waals surface area (Å²) in [6.45, 7) is 0. The van der Waals surface area contributed by atoms with Crippen LogP contribution in [0.1, 0.15) is 5.56 Å². The van der Waals surface area contributed by atoms with Crippen LogP contribution in [0.4, 0.5) is 0 Å². The highest BCUT2D eigenvalue weighted by Gasteiger charge is 2.06. The summed E-state index contributed by atoms with van der Waals surface area (Å²) >= 11 is 1.48. The van der Waals surface area contributed by atoms with Crippen LogP contribution < -0.4 is 5.14 Å². The maximum absolute atomic E-state index is 10.8. The highest BCUT2D eigenvalue weighted by molar-refractivity contribution is 7.88. The minimum atomic E-state index is -3.44. The molecule has 0 saturated carbocycles. The van der Waals surface area contributed by atoms with Gasteiger partial charge in [-0.2, -0.15) is 0 Å². The van der Waals surface area contributed by atoms with Crippen LogP contribution in [-0.2, 0) is 15.8 Å². The highest BCUT2D eigenvalue weighted by atomic mass is 32.2. The smallest absolute Gasteiger partial charge is 0.213 e. The van der Waals surface area contributed by atoms with Crippen molar-refractivity contribution >= 4 is 31.6 Å². The van der Waals surface area contributed by atoms with Gasteiger partial charge in [0.25, 0.3) is 0 Å². The quantitative estimate of drug-likeness (QED) is 0.836. The number of hydrogen-bond acceptors (Lipinski definition) is 4. The minimum Gasteiger partial charge on any atom is -0.245 e. The van der Waals surface area contributed by atoms with Gasteiger partial charge in [0.15, 0.2) is 0 Å². The highest BCUT2D eigenvalue weighted by Crippen LogP contribution is 2.19. The van der Waals surface area contributed by atoms with Crippen LogP contribution in [-0.4, -0.2) is 13.4 Å². The number of nitrogens with two attached hydrogens (primary N) is 1. The first-order chi connectivity index (χ1) is 6.54. The van der Waals surface area contributed by atoms with Crippen molar-refractivity contribution in [3.8, 4) is 0 Å². The molecule has 0 spiro atoms. The van der Waals surface area contributed by atoms with Crippen LogP contribution in [0.25, 0.3) is 10.2 Å². The summed E-state index contributed by atoms with van der Waals surface area (Å²) in [4.78, 5) is 4.09. The molecular formula is C8H8N2O2S2. The zero-order valence-corrected chi connectivity index (χ0v) is 8.81. The predicted octanol–water partition coefficient (Wildman–Crippen LogP) is 1.08. The van der Waals surface area contributed by atoms with Gasteiger partial charge >= 0.3 is 0 Å². The molecule has 0 radical (unpaired) electrons. The summed E-state index contributed by atoms with van der Waals surface area (Å²) in [6.07, 6.45) is 0. The molecule has 0 aliphatic carbocycles. The predicted molar refractivity (Wildman–Crippen MR) is 56.4 cm³/mol. The molecule has 6 heteroatoms. The first-order valence-electron chi connectivity index (χ1n) is 3.87. The summed E-state index contributed by atoms with van der Waals surface area (Å²) in [6, 6.07) is 5.33. The Morgan fingerprint density at radius 1 is 1.43 bits per heavy atom. The number of rotatable bonds is 2. The van der Waals surface area contributed by atoms with E-state index in [4.69, 9.17) is 5.14 Å². The van der Waals surface area contributed by atoms with E-state index in [0.29, 0.717) is 5.56 Å². The van der Waals surface area contributed by atoms with Crippen molar-refractivity contribution < 1.29 is 8.42 Å². The lowest BCUT2D eigenvalue weighted by Gasteiger charge is -1.98. The lowest BCUT2D eigenvalue weighted by Crippen LogP contribution is -2.14. The van der Waals surface area contributed by atoms with Crippen LogP contribution in [0.5, 0.6) is 0 Å². The number of primary sulfonamides is 1. The van der Waals surface area contributed by atoms with Gasteiger partial charge in [-0.1, -0.05) is 6.07 Å². The van der Waals surface area contributed by atoms with Gasteiger partial charge in [0.05, 0.1) is 21.5 Å². The first-order valence-corrected chi connectivity index (χ1v) is 6.47. The normalized spacial score (nSPS) is 12.1. The third-order valence-electron chi connectivity index (χ3n) is 1.76. The molecule has 1 aromatic carbocycles. The Labute approximate surface area is 85.4 Å². The number of thiazole rings is 1. The number of aromatic nitrogens is 1. The number of sulfonamides is 1. The molecule has 74 valence electrons. The summed E-state index contributed by atoms with van der Waals surface area (Å²) in [7, 11) is -3.44. The molecule has 0 bridgehead atoms. The Kier molecular flexibility index (Phi) is 2.26. The standard InChI is InChI=1S/C8H8N2O2S2/c9-14(11,12)4-6-1-2-7-8(3-6)13-5-10-7/h1-3,5H,4H2,(H2,9,11,12). The minimum absolute atomic E-state index is 0.124. The van der Waals surface area contributed by atoms with Crippen LogP contribution >= 0.6 is 11.3 Å². The second kappa shape index (κ2) is 3.30. The van der Waals surface area contributed by atoms with Crippen molar-refractivity contribution in [3.63, 3.8) is 0 Å². The van der Waals surface area contributed by atoms with E-state index in [0.717, 1.165) is 10.2 Å². The fourth-order valence-corrected chi connectivity index (χ4v) is 2.61. The summed E-state index contributed by atoms with van der Waals surface area (Å²) in [5.74, 6) is -0.124. The van der Waals surface area contributed by atoms with E-state index < -0.39 is 10.0 Å². The van der Waals surface area contributed by atoms with Crippen molar-refractivity contribution in [1.82, 2.24) is 4.98 Å². The monoisotopic (exact) mass is 228 g/mol. The van der Waals surface area contributed by atoms with Gasteiger partial charge in [-0.3, -0.25) is 0 Å². The van der Waals surface area contributed by atoms with Crippen LogP contribution in [0, 0.1) is 0 Å². The molecule has 2 rings (SSSR count). The van der Waals surface area contributed by atoms with Crippen molar-refractivity contribution in [2.75, 3.05) is 0 Å². The fourth-order valence-electron chi connectivity index (χ4n) is 1.22. The molecule has 1 aromatic heterocycles. The first kappa shape index (κ1) is 9.57. The van der Waals surface area contributed by atoms with Crippen LogP contribution in [0.15, 0.2) is 23.7 Å². The average Bonchev–Trinajstić information content (AvgIpc) is 2.47. The van der Waals surface area contributed by atoms with E-state index in [1.54, 1.807) is 23.7 Å². The fraction of sp³-hybridized carbons (Fsp3) is 0.125. The zero-order valence-electron chi connectivity index (χ0n) is 7.17. The molecule has 1 heterocycles. The molecule has 0 amide bonds.